The van der Waals surface area contributed by atoms with Gasteiger partial charge in [0.25, 0.3) is 0 Å². The van der Waals surface area contributed by atoms with Crippen LogP contribution in [-0.4, -0.2) is 46.7 Å². The van der Waals surface area contributed by atoms with E-state index in [-0.39, 0.29) is 4.90 Å². The highest BCUT2D eigenvalue weighted by Crippen LogP contribution is 2.37. The first kappa shape index (κ1) is 23.2. The van der Waals surface area contributed by atoms with Crippen LogP contribution in [-0.2, 0) is 9.84 Å². The highest BCUT2D eigenvalue weighted by atomic mass is 32.2. The van der Waals surface area contributed by atoms with Crippen LogP contribution in [0.5, 0.6) is 5.75 Å². The summed E-state index contributed by atoms with van der Waals surface area (Å²) in [6, 6.07) is 21.1. The van der Waals surface area contributed by atoms with Crippen molar-refractivity contribution in [3.05, 3.63) is 84.1 Å². The monoisotopic (exact) mass is 487 g/mol. The van der Waals surface area contributed by atoms with E-state index in [2.05, 4.69) is 20.9 Å². The lowest BCUT2D eigenvalue weighted by Gasteiger charge is -2.38. The number of anilines is 2. The van der Waals surface area contributed by atoms with E-state index < -0.39 is 9.84 Å². The summed E-state index contributed by atoms with van der Waals surface area (Å²) in [6.45, 7) is 6.78. The first-order valence-electron chi connectivity index (χ1n) is 11.7. The van der Waals surface area contributed by atoms with Crippen molar-refractivity contribution in [3.8, 4) is 5.75 Å². The van der Waals surface area contributed by atoms with Gasteiger partial charge < -0.3 is 14.5 Å². The Labute approximate surface area is 206 Å². The van der Waals surface area contributed by atoms with Crippen LogP contribution in [0, 0.1) is 13.8 Å². The highest BCUT2D eigenvalue weighted by molar-refractivity contribution is 7.91. The molecule has 0 N–H and O–H groups in total. The molecule has 1 aromatic heterocycles. The highest BCUT2D eigenvalue weighted by Gasteiger charge is 2.29. The zero-order chi connectivity index (χ0) is 24.6. The van der Waals surface area contributed by atoms with Crippen LogP contribution in [0.25, 0.3) is 10.9 Å². The van der Waals surface area contributed by atoms with Gasteiger partial charge in [-0.25, -0.2) is 8.42 Å². The van der Waals surface area contributed by atoms with Crippen molar-refractivity contribution < 1.29 is 13.2 Å². The third-order valence-electron chi connectivity index (χ3n) is 6.81. The Kier molecular flexibility index (Phi) is 6.11. The number of sulfone groups is 1. The number of ether oxygens (including phenoxy) is 1. The molecule has 0 atom stereocenters. The summed E-state index contributed by atoms with van der Waals surface area (Å²) in [5.74, 6) is 0.841. The lowest BCUT2D eigenvalue weighted by molar-refractivity contribution is 0.413. The summed E-state index contributed by atoms with van der Waals surface area (Å²) >= 11 is 0. The molecule has 7 heteroatoms. The molecule has 180 valence electrons. The van der Waals surface area contributed by atoms with E-state index >= 15 is 0 Å². The minimum atomic E-state index is -3.76. The summed E-state index contributed by atoms with van der Waals surface area (Å²) in [5.41, 5.74) is 4.58. The van der Waals surface area contributed by atoms with Gasteiger partial charge in [0, 0.05) is 37.8 Å². The molecule has 1 saturated heterocycles. The number of hydrogen-bond acceptors (Lipinski definition) is 6. The van der Waals surface area contributed by atoms with E-state index in [9.17, 15) is 8.42 Å². The lowest BCUT2D eigenvalue weighted by atomic mass is 10.1. The molecule has 1 aliphatic rings. The van der Waals surface area contributed by atoms with Crippen molar-refractivity contribution in [2.45, 2.75) is 23.6 Å². The number of benzene rings is 3. The Balaban J connectivity index is 1.56. The van der Waals surface area contributed by atoms with Crippen LogP contribution in [0.4, 0.5) is 11.4 Å². The normalized spacial score (nSPS) is 14.4. The molecule has 6 nitrogen and oxygen atoms in total. The van der Waals surface area contributed by atoms with Gasteiger partial charge in [-0.15, -0.1) is 0 Å². The molecule has 0 bridgehead atoms. The lowest BCUT2D eigenvalue weighted by Crippen LogP contribution is -2.47. The Morgan fingerprint density at radius 3 is 2.26 bits per heavy atom. The largest absolute Gasteiger partial charge is 0.495 e. The quantitative estimate of drug-likeness (QED) is 0.394. The number of methoxy groups -OCH3 is 1. The van der Waals surface area contributed by atoms with Crippen molar-refractivity contribution in [1.29, 1.82) is 0 Å². The van der Waals surface area contributed by atoms with Gasteiger partial charge in [-0.05, 0) is 55.3 Å². The Hall–Kier alpha value is -3.58. The van der Waals surface area contributed by atoms with Crippen LogP contribution in [0.2, 0.25) is 0 Å². The van der Waals surface area contributed by atoms with Gasteiger partial charge in [-0.2, -0.15) is 0 Å². The number of para-hydroxylation sites is 3. The van der Waals surface area contributed by atoms with Crippen molar-refractivity contribution in [3.63, 3.8) is 0 Å². The molecule has 35 heavy (non-hydrogen) atoms. The second-order valence-electron chi connectivity index (χ2n) is 8.88. The zero-order valence-corrected chi connectivity index (χ0v) is 21.0. The molecule has 5 rings (SSSR count). The summed E-state index contributed by atoms with van der Waals surface area (Å²) in [4.78, 5) is 9.55. The first-order valence-corrected chi connectivity index (χ1v) is 13.2. The van der Waals surface area contributed by atoms with Crippen LogP contribution < -0.4 is 14.5 Å². The topological polar surface area (TPSA) is 62.7 Å². The minimum absolute atomic E-state index is 0.255. The zero-order valence-electron chi connectivity index (χ0n) is 20.2. The Bertz CT molecular complexity index is 1490. The van der Waals surface area contributed by atoms with Crippen molar-refractivity contribution in [1.82, 2.24) is 4.98 Å². The predicted molar refractivity (Wildman–Crippen MR) is 141 cm³/mol. The van der Waals surface area contributed by atoms with Gasteiger partial charge in [0.05, 0.1) is 28.9 Å². The van der Waals surface area contributed by atoms with E-state index in [1.165, 1.54) is 6.20 Å². The summed E-state index contributed by atoms with van der Waals surface area (Å²) in [7, 11) is -2.08. The molecule has 1 aliphatic heterocycles. The third-order valence-corrected chi connectivity index (χ3v) is 8.57. The Morgan fingerprint density at radius 2 is 1.51 bits per heavy atom. The number of pyridine rings is 1. The van der Waals surface area contributed by atoms with Gasteiger partial charge >= 0.3 is 0 Å². The second kappa shape index (κ2) is 9.23. The maximum Gasteiger partial charge on any atom is 0.210 e. The number of nitrogens with zero attached hydrogens (tertiary/aromatic N) is 3. The van der Waals surface area contributed by atoms with E-state index in [4.69, 9.17) is 4.74 Å². The summed E-state index contributed by atoms with van der Waals surface area (Å²) < 4.78 is 33.3. The van der Waals surface area contributed by atoms with E-state index in [1.54, 1.807) is 19.2 Å². The number of aromatic nitrogens is 1. The number of rotatable bonds is 5. The first-order chi connectivity index (χ1) is 16.9. The minimum Gasteiger partial charge on any atom is -0.495 e. The van der Waals surface area contributed by atoms with E-state index in [1.807, 2.05) is 62.4 Å². The fourth-order valence-corrected chi connectivity index (χ4v) is 6.22. The number of hydrogen-bond donors (Lipinski definition) is 0. The molecule has 0 unspecified atom stereocenters. The molecule has 4 aromatic rings. The van der Waals surface area contributed by atoms with Gasteiger partial charge in [-0.1, -0.05) is 36.4 Å². The smallest absolute Gasteiger partial charge is 0.210 e. The predicted octanol–water partition coefficient (Wildman–Crippen LogP) is 5.02. The molecule has 0 saturated carbocycles. The van der Waals surface area contributed by atoms with Gasteiger partial charge in [0.1, 0.15) is 10.6 Å². The maximum atomic E-state index is 13.9. The molecular weight excluding hydrogens is 458 g/mol. The van der Waals surface area contributed by atoms with Gasteiger partial charge in [0.2, 0.25) is 9.84 Å². The average molecular weight is 488 g/mol. The van der Waals surface area contributed by atoms with E-state index in [0.717, 1.165) is 52.2 Å². The van der Waals surface area contributed by atoms with Crippen molar-refractivity contribution >= 4 is 32.1 Å². The van der Waals surface area contributed by atoms with Crippen LogP contribution >= 0.6 is 0 Å². The third kappa shape index (κ3) is 4.21. The van der Waals surface area contributed by atoms with Crippen molar-refractivity contribution in [2.24, 2.45) is 0 Å². The Morgan fingerprint density at radius 1 is 0.829 bits per heavy atom. The van der Waals surface area contributed by atoms with Crippen LogP contribution in [0.3, 0.4) is 0 Å². The second-order valence-corrected chi connectivity index (χ2v) is 10.8. The van der Waals surface area contributed by atoms with E-state index in [0.29, 0.717) is 18.0 Å². The molecule has 3 aromatic carbocycles. The number of piperazine rings is 1. The fraction of sp³-hybridized carbons (Fsp3) is 0.250. The molecule has 1 fully saturated rings. The molecule has 0 radical (unpaired) electrons. The van der Waals surface area contributed by atoms with Crippen LogP contribution in [0.1, 0.15) is 11.1 Å². The number of aryl methyl sites for hydroxylation is 2. The van der Waals surface area contributed by atoms with Gasteiger partial charge in [0.15, 0.2) is 0 Å². The average Bonchev–Trinajstić information content (AvgIpc) is 2.89. The molecule has 0 aliphatic carbocycles. The van der Waals surface area contributed by atoms with Gasteiger partial charge in [-0.3, -0.25) is 4.98 Å². The maximum absolute atomic E-state index is 13.9. The molecular formula is C28H29N3O3S. The SMILES string of the molecule is COc1ccccc1N1CCN(c2c(S(=O)(=O)c3ccc(C)c(C)c3)cnc3ccccc23)CC1. The molecule has 0 amide bonds. The number of fused-ring (bicyclic) bond motifs is 1. The summed E-state index contributed by atoms with van der Waals surface area (Å²) in [6.07, 6.45) is 1.52. The van der Waals surface area contributed by atoms with Crippen LogP contribution in [0.15, 0.2) is 82.7 Å². The summed E-state index contributed by atoms with van der Waals surface area (Å²) in [5, 5.41) is 0.850. The van der Waals surface area contributed by atoms with Crippen molar-refractivity contribution in [2.75, 3.05) is 43.1 Å². The standard InChI is InChI=1S/C28H29N3O3S/c1-20-12-13-22(18-21(20)2)35(32,33)27-19-29-24-9-5-4-8-23(24)28(27)31-16-14-30(15-17-31)25-10-6-7-11-26(25)34-3/h4-13,18-19H,14-17H2,1-3H3. The fourth-order valence-electron chi connectivity index (χ4n) is 4.70. The molecule has 2 heterocycles. The molecule has 0 spiro atoms.